The molecular formula is C15H19N3S. The second-order valence-corrected chi connectivity index (χ2v) is 5.89. The summed E-state index contributed by atoms with van der Waals surface area (Å²) >= 11 is 1.48. The Balaban J connectivity index is 1.86. The molecule has 3 N–H and O–H groups in total. The van der Waals surface area contributed by atoms with Gasteiger partial charge in [-0.1, -0.05) is 49.6 Å². The maximum Gasteiger partial charge on any atom is 0.147 e. The minimum absolute atomic E-state index is 0.580. The van der Waals surface area contributed by atoms with Crippen molar-refractivity contribution in [1.29, 1.82) is 0 Å². The van der Waals surface area contributed by atoms with E-state index in [2.05, 4.69) is 21.8 Å². The lowest BCUT2D eigenvalue weighted by Crippen LogP contribution is -2.21. The largest absolute Gasteiger partial charge is 0.382 e. The molecule has 1 saturated carbocycles. The highest BCUT2D eigenvalue weighted by atomic mass is 32.1. The normalized spacial score (nSPS) is 16.4. The smallest absolute Gasteiger partial charge is 0.147 e. The number of rotatable bonds is 3. The third-order valence-corrected chi connectivity index (χ3v) is 4.51. The maximum atomic E-state index is 6.04. The standard InChI is InChI=1S/C15H19N3S/c16-14-13(11-7-3-1-4-8-11)15(19-18-14)17-12-9-5-2-6-10-12/h1,3-4,7-8,12,17H,2,5-6,9-10H2,(H2,16,18). The molecule has 1 aromatic heterocycles. The number of hydrogen-bond donors (Lipinski definition) is 2. The molecule has 3 nitrogen and oxygen atoms in total. The Labute approximate surface area is 118 Å². The van der Waals surface area contributed by atoms with Crippen LogP contribution in [0.15, 0.2) is 30.3 Å². The van der Waals surface area contributed by atoms with Gasteiger partial charge >= 0.3 is 0 Å². The van der Waals surface area contributed by atoms with E-state index in [1.54, 1.807) is 0 Å². The first-order valence-corrected chi connectivity index (χ1v) is 7.69. The van der Waals surface area contributed by atoms with Gasteiger partial charge in [-0.2, -0.15) is 4.37 Å². The molecule has 100 valence electrons. The number of nitrogen functional groups attached to an aromatic ring is 1. The van der Waals surface area contributed by atoms with Crippen molar-refractivity contribution in [2.24, 2.45) is 0 Å². The molecule has 0 atom stereocenters. The molecule has 1 heterocycles. The van der Waals surface area contributed by atoms with Crippen LogP contribution in [0.3, 0.4) is 0 Å². The second-order valence-electron chi connectivity index (χ2n) is 5.12. The lowest BCUT2D eigenvalue weighted by Gasteiger charge is -2.23. The predicted molar refractivity (Wildman–Crippen MR) is 82.5 cm³/mol. The van der Waals surface area contributed by atoms with Gasteiger partial charge in [0.1, 0.15) is 10.8 Å². The summed E-state index contributed by atoms with van der Waals surface area (Å²) < 4.78 is 4.32. The zero-order valence-corrected chi connectivity index (χ0v) is 11.7. The zero-order valence-electron chi connectivity index (χ0n) is 10.9. The molecule has 0 bridgehead atoms. The Bertz CT molecular complexity index is 530. The molecule has 1 aliphatic carbocycles. The molecule has 0 aliphatic heterocycles. The van der Waals surface area contributed by atoms with Crippen LogP contribution >= 0.6 is 11.5 Å². The number of hydrogen-bond acceptors (Lipinski definition) is 4. The summed E-state index contributed by atoms with van der Waals surface area (Å²) in [5, 5.41) is 4.77. The van der Waals surface area contributed by atoms with E-state index < -0.39 is 0 Å². The van der Waals surface area contributed by atoms with Crippen LogP contribution in [0.2, 0.25) is 0 Å². The van der Waals surface area contributed by atoms with Gasteiger partial charge < -0.3 is 11.1 Å². The maximum absolute atomic E-state index is 6.04. The fourth-order valence-electron chi connectivity index (χ4n) is 2.72. The van der Waals surface area contributed by atoms with Crippen molar-refractivity contribution in [1.82, 2.24) is 4.37 Å². The molecule has 0 unspecified atom stereocenters. The highest BCUT2D eigenvalue weighted by Crippen LogP contribution is 2.38. The molecular weight excluding hydrogens is 254 g/mol. The van der Waals surface area contributed by atoms with E-state index in [0.717, 1.165) is 16.1 Å². The molecule has 19 heavy (non-hydrogen) atoms. The van der Waals surface area contributed by atoms with Gasteiger partial charge in [0.25, 0.3) is 0 Å². The summed E-state index contributed by atoms with van der Waals surface area (Å²) in [6.45, 7) is 0. The Kier molecular flexibility index (Phi) is 3.69. The fourth-order valence-corrected chi connectivity index (χ4v) is 3.53. The number of nitrogens with zero attached hydrogens (tertiary/aromatic N) is 1. The molecule has 1 fully saturated rings. The molecule has 1 aliphatic rings. The molecule has 0 spiro atoms. The van der Waals surface area contributed by atoms with Crippen LogP contribution in [0.4, 0.5) is 10.8 Å². The summed E-state index contributed by atoms with van der Waals surface area (Å²) in [5.74, 6) is 0.634. The summed E-state index contributed by atoms with van der Waals surface area (Å²) in [6.07, 6.45) is 6.53. The average Bonchev–Trinajstić information content (AvgIpc) is 2.82. The minimum atomic E-state index is 0.580. The van der Waals surface area contributed by atoms with Crippen molar-refractivity contribution in [2.75, 3.05) is 11.1 Å². The number of nitrogens with two attached hydrogens (primary N) is 1. The Morgan fingerprint density at radius 2 is 1.84 bits per heavy atom. The lowest BCUT2D eigenvalue weighted by atomic mass is 9.95. The van der Waals surface area contributed by atoms with Gasteiger partial charge in [-0.3, -0.25) is 0 Å². The summed E-state index contributed by atoms with van der Waals surface area (Å²) in [6, 6.07) is 10.9. The van der Waals surface area contributed by atoms with Gasteiger partial charge in [0, 0.05) is 6.04 Å². The molecule has 3 rings (SSSR count). The molecule has 2 aromatic rings. The minimum Gasteiger partial charge on any atom is -0.382 e. The number of benzene rings is 1. The van der Waals surface area contributed by atoms with E-state index in [1.807, 2.05) is 18.2 Å². The summed E-state index contributed by atoms with van der Waals surface area (Å²) in [7, 11) is 0. The molecule has 4 heteroatoms. The van der Waals surface area contributed by atoms with E-state index in [1.165, 1.54) is 43.6 Å². The van der Waals surface area contributed by atoms with Gasteiger partial charge in [0.05, 0.1) is 5.56 Å². The van der Waals surface area contributed by atoms with E-state index in [9.17, 15) is 0 Å². The molecule has 0 amide bonds. The third kappa shape index (κ3) is 2.73. The average molecular weight is 273 g/mol. The second kappa shape index (κ2) is 5.61. The highest BCUT2D eigenvalue weighted by molar-refractivity contribution is 7.11. The first-order chi connectivity index (χ1) is 9.34. The van der Waals surface area contributed by atoms with E-state index in [0.29, 0.717) is 11.9 Å². The first kappa shape index (κ1) is 12.5. The van der Waals surface area contributed by atoms with Crippen LogP contribution in [0.1, 0.15) is 32.1 Å². The van der Waals surface area contributed by atoms with Crippen molar-refractivity contribution in [3.63, 3.8) is 0 Å². The SMILES string of the molecule is Nc1nsc(NC2CCCCC2)c1-c1ccccc1. The monoisotopic (exact) mass is 273 g/mol. The third-order valence-electron chi connectivity index (χ3n) is 3.72. The summed E-state index contributed by atoms with van der Waals surface area (Å²) in [5.41, 5.74) is 8.25. The van der Waals surface area contributed by atoms with Crippen molar-refractivity contribution >= 4 is 22.4 Å². The predicted octanol–water partition coefficient (Wildman–Crippen LogP) is 4.14. The lowest BCUT2D eigenvalue weighted by molar-refractivity contribution is 0.463. The van der Waals surface area contributed by atoms with Crippen LogP contribution in [0, 0.1) is 0 Å². The van der Waals surface area contributed by atoms with E-state index in [-0.39, 0.29) is 0 Å². The van der Waals surface area contributed by atoms with Crippen molar-refractivity contribution in [3.05, 3.63) is 30.3 Å². The van der Waals surface area contributed by atoms with Crippen LogP contribution < -0.4 is 11.1 Å². The van der Waals surface area contributed by atoms with Gasteiger partial charge in [-0.15, -0.1) is 0 Å². The first-order valence-electron chi connectivity index (χ1n) is 6.91. The molecule has 0 radical (unpaired) electrons. The Morgan fingerprint density at radius 1 is 1.11 bits per heavy atom. The van der Waals surface area contributed by atoms with Gasteiger partial charge in [-0.25, -0.2) is 0 Å². The van der Waals surface area contributed by atoms with Crippen LogP contribution in [-0.4, -0.2) is 10.4 Å². The topological polar surface area (TPSA) is 50.9 Å². The highest BCUT2D eigenvalue weighted by Gasteiger charge is 2.18. The van der Waals surface area contributed by atoms with Gasteiger partial charge in [0.2, 0.25) is 0 Å². The van der Waals surface area contributed by atoms with E-state index in [4.69, 9.17) is 5.73 Å². The van der Waals surface area contributed by atoms with Crippen molar-refractivity contribution < 1.29 is 0 Å². The van der Waals surface area contributed by atoms with Crippen LogP contribution in [0.5, 0.6) is 0 Å². The van der Waals surface area contributed by atoms with Crippen molar-refractivity contribution in [3.8, 4) is 11.1 Å². The number of anilines is 2. The number of nitrogens with one attached hydrogen (secondary N) is 1. The zero-order chi connectivity index (χ0) is 13.1. The molecule has 1 aromatic carbocycles. The summed E-state index contributed by atoms with van der Waals surface area (Å²) in [4.78, 5) is 0. The Morgan fingerprint density at radius 3 is 2.58 bits per heavy atom. The Hall–Kier alpha value is -1.55. The van der Waals surface area contributed by atoms with Crippen LogP contribution in [0.25, 0.3) is 11.1 Å². The molecule has 0 saturated heterocycles. The van der Waals surface area contributed by atoms with Gasteiger partial charge in [-0.05, 0) is 29.9 Å². The van der Waals surface area contributed by atoms with Crippen LogP contribution in [-0.2, 0) is 0 Å². The number of aromatic nitrogens is 1. The quantitative estimate of drug-likeness (QED) is 0.883. The fraction of sp³-hybridized carbons (Fsp3) is 0.400. The van der Waals surface area contributed by atoms with E-state index >= 15 is 0 Å². The van der Waals surface area contributed by atoms with Crippen molar-refractivity contribution in [2.45, 2.75) is 38.1 Å². The van der Waals surface area contributed by atoms with Gasteiger partial charge in [0.15, 0.2) is 0 Å².